The van der Waals surface area contributed by atoms with Gasteiger partial charge >= 0.3 is 5.69 Å². The lowest BCUT2D eigenvalue weighted by Gasteiger charge is -2.26. The predicted molar refractivity (Wildman–Crippen MR) is 118 cm³/mol. The zero-order chi connectivity index (χ0) is 21.6. The first-order valence-corrected chi connectivity index (χ1v) is 10.6. The summed E-state index contributed by atoms with van der Waals surface area (Å²) in [5.74, 6) is 0.533. The molecular weight excluding hydrogens is 429 g/mol. The largest absolute Gasteiger partial charge is 0.393 e. The third-order valence-corrected chi connectivity index (χ3v) is 6.45. The minimum Gasteiger partial charge on any atom is -0.393 e. The first kappa shape index (κ1) is 21.0. The highest BCUT2D eigenvalue weighted by atomic mass is 35.5. The Labute approximate surface area is 182 Å². The van der Waals surface area contributed by atoms with Crippen LogP contribution < -0.4 is 16.6 Å². The van der Waals surface area contributed by atoms with Crippen LogP contribution in [0.1, 0.15) is 31.2 Å². The van der Waals surface area contributed by atoms with Crippen molar-refractivity contribution in [3.8, 4) is 0 Å². The van der Waals surface area contributed by atoms with Crippen LogP contribution in [0, 0.1) is 0 Å². The number of hydrogen-bond donors (Lipinski definition) is 2. The summed E-state index contributed by atoms with van der Waals surface area (Å²) < 4.78 is 4.24. The van der Waals surface area contributed by atoms with Crippen molar-refractivity contribution < 1.29 is 5.11 Å². The summed E-state index contributed by atoms with van der Waals surface area (Å²) in [5, 5.41) is 13.8. The highest BCUT2D eigenvalue weighted by molar-refractivity contribution is 6.42. The van der Waals surface area contributed by atoms with Crippen LogP contribution in [-0.4, -0.2) is 35.9 Å². The van der Waals surface area contributed by atoms with Gasteiger partial charge in [-0.05, 0) is 43.4 Å². The first-order chi connectivity index (χ1) is 14.3. The van der Waals surface area contributed by atoms with Crippen LogP contribution in [0.15, 0.2) is 27.8 Å². The number of aliphatic hydroxyl groups is 1. The molecule has 0 aliphatic heterocycles. The first-order valence-electron chi connectivity index (χ1n) is 9.81. The van der Waals surface area contributed by atoms with Gasteiger partial charge < -0.3 is 15.0 Å². The van der Waals surface area contributed by atoms with Gasteiger partial charge in [-0.15, -0.1) is 0 Å². The second-order valence-corrected chi connectivity index (χ2v) is 8.61. The van der Waals surface area contributed by atoms with Crippen molar-refractivity contribution in [2.45, 2.75) is 44.4 Å². The van der Waals surface area contributed by atoms with Crippen molar-refractivity contribution in [1.29, 1.82) is 0 Å². The molecule has 0 atom stereocenters. The van der Waals surface area contributed by atoms with E-state index in [1.807, 2.05) is 0 Å². The molecule has 0 amide bonds. The molecule has 0 radical (unpaired) electrons. The summed E-state index contributed by atoms with van der Waals surface area (Å²) in [6, 6.07) is 5.19. The van der Waals surface area contributed by atoms with Crippen LogP contribution in [0.3, 0.4) is 0 Å². The number of aliphatic hydroxyl groups excluding tert-OH is 1. The lowest BCUT2D eigenvalue weighted by molar-refractivity contribution is 0.126. The number of rotatable bonds is 4. The fourth-order valence-corrected chi connectivity index (χ4v) is 4.26. The van der Waals surface area contributed by atoms with E-state index in [2.05, 4.69) is 10.3 Å². The normalized spacial score (nSPS) is 19.4. The average molecular weight is 452 g/mol. The zero-order valence-corrected chi connectivity index (χ0v) is 18.2. The number of aryl methyl sites for hydroxylation is 2. The van der Waals surface area contributed by atoms with Crippen molar-refractivity contribution in [3.05, 3.63) is 54.6 Å². The molecule has 2 N–H and O–H groups in total. The van der Waals surface area contributed by atoms with Gasteiger partial charge in [-0.1, -0.05) is 29.3 Å². The molecule has 1 aromatic carbocycles. The van der Waals surface area contributed by atoms with E-state index in [1.165, 1.54) is 9.13 Å². The monoisotopic (exact) mass is 451 g/mol. The van der Waals surface area contributed by atoms with E-state index in [-0.39, 0.29) is 18.7 Å². The molecule has 0 unspecified atom stereocenters. The van der Waals surface area contributed by atoms with Crippen LogP contribution in [0.4, 0.5) is 5.95 Å². The lowest BCUT2D eigenvalue weighted by atomic mass is 9.93. The number of nitrogens with zero attached hydrogens (tertiary/aromatic N) is 4. The van der Waals surface area contributed by atoms with Crippen molar-refractivity contribution in [2.75, 3.05) is 5.32 Å². The Kier molecular flexibility index (Phi) is 5.65. The Hall–Kier alpha value is -2.29. The van der Waals surface area contributed by atoms with E-state index < -0.39 is 11.2 Å². The number of nitrogens with one attached hydrogen (secondary N) is 1. The van der Waals surface area contributed by atoms with Crippen molar-refractivity contribution in [3.63, 3.8) is 0 Å². The SMILES string of the molecule is Cn1c(N[C@H]2CC[C@@H](O)CC2)nc2c1c(=O)n(Cc1ccc(Cl)c(Cl)c1)c(=O)n2C. The molecule has 0 saturated heterocycles. The summed E-state index contributed by atoms with van der Waals surface area (Å²) in [6.45, 7) is 0.0762. The topological polar surface area (TPSA) is 94.1 Å². The van der Waals surface area contributed by atoms with Gasteiger partial charge in [0.2, 0.25) is 5.95 Å². The van der Waals surface area contributed by atoms with Gasteiger partial charge in [0.1, 0.15) is 0 Å². The molecule has 0 spiro atoms. The van der Waals surface area contributed by atoms with Crippen molar-refractivity contribution >= 4 is 40.3 Å². The Balaban J connectivity index is 1.74. The third kappa shape index (κ3) is 3.75. The quantitative estimate of drug-likeness (QED) is 0.635. The van der Waals surface area contributed by atoms with E-state index in [9.17, 15) is 14.7 Å². The molecule has 10 heteroatoms. The van der Waals surface area contributed by atoms with E-state index in [4.69, 9.17) is 23.2 Å². The Morgan fingerprint density at radius 1 is 1.10 bits per heavy atom. The molecule has 160 valence electrons. The molecule has 3 aromatic rings. The highest BCUT2D eigenvalue weighted by Crippen LogP contribution is 2.24. The molecule has 8 nitrogen and oxygen atoms in total. The molecule has 2 aromatic heterocycles. The minimum atomic E-state index is -0.455. The summed E-state index contributed by atoms with van der Waals surface area (Å²) >= 11 is 12.0. The van der Waals surface area contributed by atoms with Gasteiger partial charge in [-0.2, -0.15) is 4.98 Å². The zero-order valence-electron chi connectivity index (χ0n) is 16.7. The van der Waals surface area contributed by atoms with E-state index >= 15 is 0 Å². The van der Waals surface area contributed by atoms with Crippen LogP contribution in [0.25, 0.3) is 11.2 Å². The van der Waals surface area contributed by atoms with Gasteiger partial charge in [0.15, 0.2) is 11.2 Å². The Morgan fingerprint density at radius 3 is 2.47 bits per heavy atom. The summed E-state index contributed by atoms with van der Waals surface area (Å²) in [7, 11) is 3.36. The number of halogens is 2. The van der Waals surface area contributed by atoms with Gasteiger partial charge in [0.05, 0.1) is 22.7 Å². The number of imidazole rings is 1. The van der Waals surface area contributed by atoms with Gasteiger partial charge in [-0.25, -0.2) is 4.79 Å². The summed E-state index contributed by atoms with van der Waals surface area (Å²) in [6.07, 6.45) is 2.86. The molecule has 1 fully saturated rings. The van der Waals surface area contributed by atoms with Crippen LogP contribution >= 0.6 is 23.2 Å². The fraction of sp³-hybridized carbons (Fsp3) is 0.450. The molecule has 30 heavy (non-hydrogen) atoms. The molecule has 1 aliphatic rings. The number of benzene rings is 1. The molecule has 1 saturated carbocycles. The van der Waals surface area contributed by atoms with Crippen LogP contribution in [0.5, 0.6) is 0 Å². The fourth-order valence-electron chi connectivity index (χ4n) is 3.94. The number of aromatic nitrogens is 4. The highest BCUT2D eigenvalue weighted by Gasteiger charge is 2.23. The third-order valence-electron chi connectivity index (χ3n) is 5.71. The molecule has 2 heterocycles. The van der Waals surface area contributed by atoms with Crippen LogP contribution in [-0.2, 0) is 20.6 Å². The molecule has 1 aliphatic carbocycles. The van der Waals surface area contributed by atoms with Gasteiger partial charge in [0.25, 0.3) is 5.56 Å². The van der Waals surface area contributed by atoms with Gasteiger partial charge in [-0.3, -0.25) is 13.9 Å². The predicted octanol–water partition coefficient (Wildman–Crippen LogP) is 2.50. The second kappa shape index (κ2) is 8.09. The van der Waals surface area contributed by atoms with Crippen molar-refractivity contribution in [2.24, 2.45) is 14.1 Å². The minimum absolute atomic E-state index is 0.0762. The molecule has 0 bridgehead atoms. The maximum absolute atomic E-state index is 13.2. The molecule has 4 rings (SSSR count). The summed E-state index contributed by atoms with van der Waals surface area (Å²) in [5.41, 5.74) is 0.501. The van der Waals surface area contributed by atoms with Gasteiger partial charge in [0, 0.05) is 20.1 Å². The van der Waals surface area contributed by atoms with Crippen molar-refractivity contribution in [1.82, 2.24) is 18.7 Å². The maximum atomic E-state index is 13.2. The smallest absolute Gasteiger partial charge is 0.332 e. The summed E-state index contributed by atoms with van der Waals surface area (Å²) in [4.78, 5) is 30.6. The van der Waals surface area contributed by atoms with E-state index in [0.29, 0.717) is 32.7 Å². The Morgan fingerprint density at radius 2 is 1.80 bits per heavy atom. The maximum Gasteiger partial charge on any atom is 0.332 e. The standard InChI is InChI=1S/C20H23Cl2N5O3/c1-25-16-17(24-19(25)23-12-4-6-13(28)7-5-12)26(2)20(30)27(18(16)29)10-11-3-8-14(21)15(22)9-11/h3,8-9,12-13,28H,4-7,10H2,1-2H3,(H,23,24)/t12-,13+. The molecular formula is C20H23Cl2N5O3. The lowest BCUT2D eigenvalue weighted by Crippen LogP contribution is -2.39. The van der Waals surface area contributed by atoms with E-state index in [0.717, 1.165) is 25.7 Å². The number of anilines is 1. The Bertz CT molecular complexity index is 1220. The average Bonchev–Trinajstić information content (AvgIpc) is 3.04. The van der Waals surface area contributed by atoms with E-state index in [1.54, 1.807) is 36.9 Å². The van der Waals surface area contributed by atoms with Crippen LogP contribution in [0.2, 0.25) is 10.0 Å². The number of hydrogen-bond acceptors (Lipinski definition) is 5. The number of fused-ring (bicyclic) bond motifs is 1. The second-order valence-electron chi connectivity index (χ2n) is 7.80.